The number of benzene rings is 1. The van der Waals surface area contributed by atoms with Gasteiger partial charge >= 0.3 is 0 Å². The van der Waals surface area contributed by atoms with Gasteiger partial charge < -0.3 is 14.8 Å². The van der Waals surface area contributed by atoms with Gasteiger partial charge in [0.05, 0.1) is 14.2 Å². The fraction of sp³-hybridized carbons (Fsp3) is 0.647. The summed E-state index contributed by atoms with van der Waals surface area (Å²) in [6.07, 6.45) is 4.54. The molecule has 0 aliphatic carbocycles. The van der Waals surface area contributed by atoms with Crippen LogP contribution in [-0.2, 0) is 0 Å². The van der Waals surface area contributed by atoms with Crippen LogP contribution in [-0.4, -0.2) is 31.8 Å². The Labute approximate surface area is 133 Å². The summed E-state index contributed by atoms with van der Waals surface area (Å²) in [5.74, 6) is 1.69. The van der Waals surface area contributed by atoms with Gasteiger partial charge in [-0.2, -0.15) is 11.8 Å². The lowest BCUT2D eigenvalue weighted by molar-refractivity contribution is 0.383. The average molecular weight is 311 g/mol. The first-order valence-corrected chi connectivity index (χ1v) is 8.78. The van der Waals surface area contributed by atoms with E-state index in [-0.39, 0.29) is 6.04 Å². The van der Waals surface area contributed by atoms with Crippen molar-refractivity contribution in [3.05, 3.63) is 23.8 Å². The van der Waals surface area contributed by atoms with E-state index >= 15 is 0 Å². The van der Waals surface area contributed by atoms with Gasteiger partial charge in [0, 0.05) is 29.0 Å². The molecule has 0 bridgehead atoms. The highest BCUT2D eigenvalue weighted by Gasteiger charge is 2.25. The second kappa shape index (κ2) is 8.54. The zero-order valence-electron chi connectivity index (χ0n) is 14.2. The van der Waals surface area contributed by atoms with Gasteiger partial charge in [-0.3, -0.25) is 0 Å². The summed E-state index contributed by atoms with van der Waals surface area (Å²) in [6.45, 7) is 7.71. The summed E-state index contributed by atoms with van der Waals surface area (Å²) < 4.78 is 11.1. The van der Waals surface area contributed by atoms with E-state index in [4.69, 9.17) is 9.47 Å². The van der Waals surface area contributed by atoms with Gasteiger partial charge in [-0.1, -0.05) is 19.9 Å². The molecule has 1 aromatic rings. The molecule has 120 valence electrons. The first kappa shape index (κ1) is 18.2. The predicted molar refractivity (Wildman–Crippen MR) is 92.8 cm³/mol. The van der Waals surface area contributed by atoms with E-state index in [0.29, 0.717) is 4.75 Å². The fourth-order valence-electron chi connectivity index (χ4n) is 2.49. The maximum absolute atomic E-state index is 5.49. The summed E-state index contributed by atoms with van der Waals surface area (Å²) in [5.41, 5.74) is 1.17. The molecular formula is C17H29NO2S. The van der Waals surface area contributed by atoms with Gasteiger partial charge in [0.15, 0.2) is 0 Å². The monoisotopic (exact) mass is 311 g/mol. The van der Waals surface area contributed by atoms with Crippen LogP contribution >= 0.6 is 11.8 Å². The summed E-state index contributed by atoms with van der Waals surface area (Å²) in [7, 11) is 3.38. The molecule has 0 saturated heterocycles. The number of hydrogen-bond acceptors (Lipinski definition) is 4. The third-order valence-corrected chi connectivity index (χ3v) is 5.95. The lowest BCUT2D eigenvalue weighted by Gasteiger charge is -2.32. The van der Waals surface area contributed by atoms with Crippen molar-refractivity contribution < 1.29 is 9.47 Å². The van der Waals surface area contributed by atoms with E-state index in [2.05, 4.69) is 38.4 Å². The Morgan fingerprint density at radius 3 is 2.33 bits per heavy atom. The molecule has 1 N–H and O–H groups in total. The van der Waals surface area contributed by atoms with Gasteiger partial charge in [0.1, 0.15) is 11.5 Å². The van der Waals surface area contributed by atoms with Gasteiger partial charge in [0.25, 0.3) is 0 Å². The number of thioether (sulfide) groups is 1. The molecular weight excluding hydrogens is 282 g/mol. The zero-order valence-corrected chi connectivity index (χ0v) is 15.0. The van der Waals surface area contributed by atoms with Crippen molar-refractivity contribution in [3.8, 4) is 11.5 Å². The Hall–Kier alpha value is -0.870. The minimum atomic E-state index is 0.246. The molecule has 1 aromatic carbocycles. The molecule has 0 saturated carbocycles. The van der Waals surface area contributed by atoms with Crippen molar-refractivity contribution in [1.29, 1.82) is 0 Å². The van der Waals surface area contributed by atoms with Crippen LogP contribution in [0.15, 0.2) is 18.2 Å². The first-order chi connectivity index (χ1) is 10.1. The molecule has 0 heterocycles. The molecule has 0 aromatic heterocycles. The molecule has 1 unspecified atom stereocenters. The van der Waals surface area contributed by atoms with Crippen LogP contribution in [0.4, 0.5) is 0 Å². The van der Waals surface area contributed by atoms with Gasteiger partial charge in [-0.25, -0.2) is 0 Å². The van der Waals surface area contributed by atoms with Gasteiger partial charge in [-0.05, 0) is 32.1 Å². The molecule has 1 rings (SSSR count). The largest absolute Gasteiger partial charge is 0.497 e. The van der Waals surface area contributed by atoms with Crippen molar-refractivity contribution in [1.82, 2.24) is 5.32 Å². The maximum atomic E-state index is 5.49. The quantitative estimate of drug-likeness (QED) is 0.737. The van der Waals surface area contributed by atoms with E-state index in [9.17, 15) is 0 Å². The van der Waals surface area contributed by atoms with Crippen molar-refractivity contribution in [3.63, 3.8) is 0 Å². The predicted octanol–water partition coefficient (Wildman–Crippen LogP) is 4.28. The van der Waals surface area contributed by atoms with Crippen molar-refractivity contribution in [2.45, 2.75) is 44.4 Å². The molecule has 3 nitrogen and oxygen atoms in total. The highest BCUT2D eigenvalue weighted by atomic mass is 32.2. The van der Waals surface area contributed by atoms with Crippen molar-refractivity contribution >= 4 is 11.8 Å². The number of nitrogens with one attached hydrogen (secondary N) is 1. The van der Waals surface area contributed by atoms with Crippen molar-refractivity contribution in [2.24, 2.45) is 0 Å². The Kier molecular flexibility index (Phi) is 7.40. The topological polar surface area (TPSA) is 30.5 Å². The number of rotatable bonds is 9. The van der Waals surface area contributed by atoms with E-state index in [0.717, 1.165) is 18.0 Å². The Balaban J connectivity index is 2.82. The molecule has 4 heteroatoms. The summed E-state index contributed by atoms with van der Waals surface area (Å²) in [5, 5.41) is 3.66. The fourth-order valence-corrected chi connectivity index (χ4v) is 3.29. The van der Waals surface area contributed by atoms with E-state index in [1.165, 1.54) is 18.4 Å². The minimum Gasteiger partial charge on any atom is -0.497 e. The molecule has 0 fully saturated rings. The maximum Gasteiger partial charge on any atom is 0.127 e. The molecule has 21 heavy (non-hydrogen) atoms. The van der Waals surface area contributed by atoms with E-state index in [1.807, 2.05) is 23.9 Å². The minimum absolute atomic E-state index is 0.246. The van der Waals surface area contributed by atoms with Crippen molar-refractivity contribution in [2.75, 3.05) is 27.0 Å². The third-order valence-electron chi connectivity index (χ3n) is 4.36. The highest BCUT2D eigenvalue weighted by molar-refractivity contribution is 8.00. The second-order valence-electron chi connectivity index (χ2n) is 5.30. The molecule has 1 atom stereocenters. The lowest BCUT2D eigenvalue weighted by atomic mass is 10.0. The highest BCUT2D eigenvalue weighted by Crippen LogP contribution is 2.32. The summed E-state index contributed by atoms with van der Waals surface area (Å²) in [4.78, 5) is 0. The van der Waals surface area contributed by atoms with Crippen LogP contribution < -0.4 is 14.8 Å². The Morgan fingerprint density at radius 2 is 1.86 bits per heavy atom. The molecule has 0 aliphatic rings. The third kappa shape index (κ3) is 4.55. The zero-order chi connectivity index (χ0) is 15.9. The van der Waals surface area contributed by atoms with E-state index in [1.54, 1.807) is 14.2 Å². The van der Waals surface area contributed by atoms with Crippen LogP contribution in [0.3, 0.4) is 0 Å². The van der Waals surface area contributed by atoms with E-state index < -0.39 is 0 Å². The molecule has 0 amide bonds. The number of ether oxygens (including phenoxy) is 2. The van der Waals surface area contributed by atoms with Gasteiger partial charge in [0.2, 0.25) is 0 Å². The summed E-state index contributed by atoms with van der Waals surface area (Å²) >= 11 is 1.96. The lowest BCUT2D eigenvalue weighted by Crippen LogP contribution is -2.37. The smallest absolute Gasteiger partial charge is 0.127 e. The second-order valence-corrected chi connectivity index (χ2v) is 6.58. The number of methoxy groups -OCH3 is 2. The van der Waals surface area contributed by atoms with Crippen LogP contribution in [0.1, 0.15) is 45.2 Å². The molecule has 0 aliphatic heterocycles. The molecule has 0 spiro atoms. The van der Waals surface area contributed by atoms with Crippen LogP contribution in [0.5, 0.6) is 11.5 Å². The summed E-state index contributed by atoms with van der Waals surface area (Å²) in [6, 6.07) is 6.25. The average Bonchev–Trinajstić information content (AvgIpc) is 2.55. The SMILES string of the molecule is CCC(CC)(CNC(C)c1ccc(OC)cc1OC)SC. The van der Waals surface area contributed by atoms with Crippen LogP contribution in [0.25, 0.3) is 0 Å². The van der Waals surface area contributed by atoms with Crippen LogP contribution in [0, 0.1) is 0 Å². The number of hydrogen-bond donors (Lipinski definition) is 1. The van der Waals surface area contributed by atoms with Gasteiger partial charge in [-0.15, -0.1) is 0 Å². The standard InChI is InChI=1S/C17H29NO2S/c1-7-17(8-2,21-6)12-18-13(3)15-10-9-14(19-4)11-16(15)20-5/h9-11,13,18H,7-8,12H2,1-6H3. The normalized spacial score (nSPS) is 13.0. The first-order valence-electron chi connectivity index (χ1n) is 7.56. The van der Waals surface area contributed by atoms with Crippen LogP contribution in [0.2, 0.25) is 0 Å². The Morgan fingerprint density at radius 1 is 1.19 bits per heavy atom. The Bertz CT molecular complexity index is 425. The molecule has 0 radical (unpaired) electrons.